The van der Waals surface area contributed by atoms with Gasteiger partial charge < -0.3 is 14.8 Å². The van der Waals surface area contributed by atoms with E-state index in [-0.39, 0.29) is 11.9 Å². The second-order valence-corrected chi connectivity index (χ2v) is 3.80. The molecule has 0 amide bonds. The fourth-order valence-corrected chi connectivity index (χ4v) is 1.69. The first-order chi connectivity index (χ1) is 8.29. The van der Waals surface area contributed by atoms with Crippen LogP contribution in [-0.4, -0.2) is 42.2 Å². The summed E-state index contributed by atoms with van der Waals surface area (Å²) in [6.07, 6.45) is 3.67. The largest absolute Gasteiger partial charge is 0.473 e. The highest BCUT2D eigenvalue weighted by atomic mass is 16.5. The van der Waals surface area contributed by atoms with Gasteiger partial charge in [-0.15, -0.1) is 0 Å². The van der Waals surface area contributed by atoms with E-state index in [1.54, 1.807) is 6.07 Å². The fourth-order valence-electron chi connectivity index (χ4n) is 1.69. The number of methoxy groups -OCH3 is 1. The highest BCUT2D eigenvalue weighted by Gasteiger charge is 2.16. The molecule has 92 valence electrons. The predicted octanol–water partition coefficient (Wildman–Crippen LogP) is 0.394. The molecule has 6 nitrogen and oxygen atoms in total. The van der Waals surface area contributed by atoms with Crippen molar-refractivity contribution in [3.05, 3.63) is 18.1 Å². The smallest absolute Gasteiger partial charge is 0.376 e. The minimum atomic E-state index is -0.558. The topological polar surface area (TPSA) is 73.3 Å². The number of hydrogen-bond acceptors (Lipinski definition) is 6. The van der Waals surface area contributed by atoms with E-state index in [0.29, 0.717) is 5.88 Å². The molecule has 0 saturated carbocycles. The standard InChI is InChI=1S/C11H15N3O3/c1-16-11(15)10-13-6-4-9(14-10)17-8-3-2-5-12-7-8/h4,6,8,12H,2-3,5,7H2,1H3. The van der Waals surface area contributed by atoms with Crippen LogP contribution in [0, 0.1) is 0 Å². The van der Waals surface area contributed by atoms with Crippen molar-refractivity contribution in [1.29, 1.82) is 0 Å². The van der Waals surface area contributed by atoms with Gasteiger partial charge >= 0.3 is 5.97 Å². The number of piperidine rings is 1. The van der Waals surface area contributed by atoms with Crippen LogP contribution in [0.25, 0.3) is 0 Å². The molecule has 1 fully saturated rings. The first-order valence-corrected chi connectivity index (χ1v) is 5.58. The average molecular weight is 237 g/mol. The Morgan fingerprint density at radius 2 is 2.47 bits per heavy atom. The molecule has 1 saturated heterocycles. The summed E-state index contributed by atoms with van der Waals surface area (Å²) in [5, 5.41) is 3.24. The number of carbonyl (C=O) groups excluding carboxylic acids is 1. The van der Waals surface area contributed by atoms with Crippen molar-refractivity contribution in [3.8, 4) is 5.88 Å². The Balaban J connectivity index is 2.02. The zero-order valence-corrected chi connectivity index (χ0v) is 9.68. The number of hydrogen-bond donors (Lipinski definition) is 1. The van der Waals surface area contributed by atoms with E-state index in [1.165, 1.54) is 13.3 Å². The van der Waals surface area contributed by atoms with Crippen LogP contribution >= 0.6 is 0 Å². The molecule has 1 unspecified atom stereocenters. The summed E-state index contributed by atoms with van der Waals surface area (Å²) in [4.78, 5) is 19.1. The summed E-state index contributed by atoms with van der Waals surface area (Å²) in [7, 11) is 1.30. The zero-order valence-electron chi connectivity index (χ0n) is 9.68. The molecule has 17 heavy (non-hydrogen) atoms. The predicted molar refractivity (Wildman–Crippen MR) is 59.9 cm³/mol. The van der Waals surface area contributed by atoms with Crippen molar-refractivity contribution >= 4 is 5.97 Å². The van der Waals surface area contributed by atoms with Gasteiger partial charge in [0.15, 0.2) is 0 Å². The number of nitrogens with one attached hydrogen (secondary N) is 1. The van der Waals surface area contributed by atoms with Crippen molar-refractivity contribution in [3.63, 3.8) is 0 Å². The first kappa shape index (κ1) is 11.8. The monoisotopic (exact) mass is 237 g/mol. The number of aromatic nitrogens is 2. The maximum atomic E-state index is 11.2. The van der Waals surface area contributed by atoms with E-state index in [4.69, 9.17) is 4.74 Å². The Morgan fingerprint density at radius 1 is 1.59 bits per heavy atom. The third-order valence-electron chi connectivity index (χ3n) is 2.54. The molecule has 1 aromatic heterocycles. The summed E-state index contributed by atoms with van der Waals surface area (Å²) in [6.45, 7) is 1.83. The van der Waals surface area contributed by atoms with Crippen molar-refractivity contribution in [2.24, 2.45) is 0 Å². The molecular weight excluding hydrogens is 222 g/mol. The lowest BCUT2D eigenvalue weighted by Crippen LogP contribution is -2.37. The maximum Gasteiger partial charge on any atom is 0.376 e. The van der Waals surface area contributed by atoms with Gasteiger partial charge in [-0.2, -0.15) is 4.98 Å². The summed E-state index contributed by atoms with van der Waals surface area (Å²) in [5.41, 5.74) is 0. The van der Waals surface area contributed by atoms with Crippen molar-refractivity contribution in [2.75, 3.05) is 20.2 Å². The van der Waals surface area contributed by atoms with Crippen LogP contribution in [-0.2, 0) is 4.74 Å². The van der Waals surface area contributed by atoms with Gasteiger partial charge in [0.05, 0.1) is 7.11 Å². The number of ether oxygens (including phenoxy) is 2. The first-order valence-electron chi connectivity index (χ1n) is 5.58. The number of rotatable bonds is 3. The fraction of sp³-hybridized carbons (Fsp3) is 0.545. The normalized spacial score (nSPS) is 19.7. The second-order valence-electron chi connectivity index (χ2n) is 3.80. The van der Waals surface area contributed by atoms with Crippen molar-refractivity contribution < 1.29 is 14.3 Å². The van der Waals surface area contributed by atoms with Crippen molar-refractivity contribution in [2.45, 2.75) is 18.9 Å². The molecule has 2 heterocycles. The third-order valence-corrected chi connectivity index (χ3v) is 2.54. The van der Waals surface area contributed by atoms with Crippen LogP contribution in [0.15, 0.2) is 12.3 Å². The third kappa shape index (κ3) is 3.13. The summed E-state index contributed by atoms with van der Waals surface area (Å²) >= 11 is 0. The Labute approximate surface area is 99.4 Å². The van der Waals surface area contributed by atoms with E-state index >= 15 is 0 Å². The Kier molecular flexibility index (Phi) is 3.87. The van der Waals surface area contributed by atoms with E-state index in [0.717, 1.165) is 25.9 Å². The minimum absolute atomic E-state index is 0.0220. The Morgan fingerprint density at radius 3 is 3.18 bits per heavy atom. The number of carbonyl (C=O) groups is 1. The minimum Gasteiger partial charge on any atom is -0.473 e. The van der Waals surface area contributed by atoms with E-state index < -0.39 is 5.97 Å². The van der Waals surface area contributed by atoms with Crippen LogP contribution in [0.1, 0.15) is 23.5 Å². The van der Waals surface area contributed by atoms with Crippen LogP contribution in [0.3, 0.4) is 0 Å². The van der Waals surface area contributed by atoms with E-state index in [2.05, 4.69) is 20.0 Å². The van der Waals surface area contributed by atoms with E-state index in [1.807, 2.05) is 0 Å². The molecule has 0 spiro atoms. The molecule has 0 aromatic carbocycles. The lowest BCUT2D eigenvalue weighted by Gasteiger charge is -2.23. The zero-order chi connectivity index (χ0) is 12.1. The molecular formula is C11H15N3O3. The van der Waals surface area contributed by atoms with Gasteiger partial charge in [-0.05, 0) is 19.4 Å². The van der Waals surface area contributed by atoms with Crippen LogP contribution in [0.5, 0.6) is 5.88 Å². The van der Waals surface area contributed by atoms with E-state index in [9.17, 15) is 4.79 Å². The SMILES string of the molecule is COC(=O)c1nccc(OC2CCCNC2)n1. The molecule has 1 aromatic rings. The maximum absolute atomic E-state index is 11.2. The number of nitrogens with zero attached hydrogens (tertiary/aromatic N) is 2. The lowest BCUT2D eigenvalue weighted by atomic mass is 10.1. The van der Waals surface area contributed by atoms with Gasteiger partial charge in [-0.25, -0.2) is 9.78 Å². The van der Waals surface area contributed by atoms with Gasteiger partial charge in [0.25, 0.3) is 0 Å². The molecule has 1 aliphatic heterocycles. The number of esters is 1. The van der Waals surface area contributed by atoms with Crippen LogP contribution < -0.4 is 10.1 Å². The molecule has 0 aliphatic carbocycles. The summed E-state index contributed by atoms with van der Waals surface area (Å²) in [6, 6.07) is 1.64. The summed E-state index contributed by atoms with van der Waals surface area (Å²) < 4.78 is 10.2. The Bertz CT molecular complexity index is 391. The molecule has 6 heteroatoms. The van der Waals surface area contributed by atoms with Gasteiger partial charge in [0.2, 0.25) is 11.7 Å². The Hall–Kier alpha value is -1.69. The molecule has 0 radical (unpaired) electrons. The van der Waals surface area contributed by atoms with Crippen LogP contribution in [0.2, 0.25) is 0 Å². The van der Waals surface area contributed by atoms with Gasteiger partial charge in [-0.1, -0.05) is 0 Å². The molecule has 2 rings (SSSR count). The second kappa shape index (κ2) is 5.58. The lowest BCUT2D eigenvalue weighted by molar-refractivity contribution is 0.0583. The van der Waals surface area contributed by atoms with Gasteiger partial charge in [-0.3, -0.25) is 0 Å². The molecule has 1 N–H and O–H groups in total. The highest BCUT2D eigenvalue weighted by molar-refractivity contribution is 5.84. The molecule has 0 bridgehead atoms. The molecule has 1 aliphatic rings. The average Bonchev–Trinajstić information content (AvgIpc) is 2.39. The van der Waals surface area contributed by atoms with Gasteiger partial charge in [0, 0.05) is 18.8 Å². The highest BCUT2D eigenvalue weighted by Crippen LogP contribution is 2.12. The van der Waals surface area contributed by atoms with Crippen molar-refractivity contribution in [1.82, 2.24) is 15.3 Å². The van der Waals surface area contributed by atoms with Crippen LogP contribution in [0.4, 0.5) is 0 Å². The molecule has 1 atom stereocenters. The quantitative estimate of drug-likeness (QED) is 0.767. The summed E-state index contributed by atoms with van der Waals surface area (Å²) in [5.74, 6) is -0.125. The van der Waals surface area contributed by atoms with Gasteiger partial charge in [0.1, 0.15) is 6.10 Å².